The van der Waals surface area contributed by atoms with Crippen molar-refractivity contribution in [3.8, 4) is 0 Å². The highest BCUT2D eigenvalue weighted by molar-refractivity contribution is 5.87. The lowest BCUT2D eigenvalue weighted by molar-refractivity contribution is -0.161. The number of carbonyl (C=O) groups is 2. The van der Waals surface area contributed by atoms with Gasteiger partial charge in [0.2, 0.25) is 0 Å². The van der Waals surface area contributed by atoms with Gasteiger partial charge in [-0.1, -0.05) is 0 Å². The summed E-state index contributed by atoms with van der Waals surface area (Å²) in [5.74, 6) is -1.16. The number of nitrogens with one attached hydrogen (secondary N) is 2. The molecule has 0 aromatic carbocycles. The van der Waals surface area contributed by atoms with Gasteiger partial charge in [-0.3, -0.25) is 9.59 Å². The zero-order chi connectivity index (χ0) is 21.8. The van der Waals surface area contributed by atoms with Crippen molar-refractivity contribution in [2.75, 3.05) is 0 Å². The minimum absolute atomic E-state index is 0.0802. The lowest BCUT2D eigenvalue weighted by Crippen LogP contribution is -2.60. The van der Waals surface area contributed by atoms with Gasteiger partial charge in [-0.05, 0) is 61.8 Å². The molecule has 2 N–H and O–H groups in total. The third kappa shape index (κ3) is 5.94. The third-order valence-electron chi connectivity index (χ3n) is 6.27. The minimum atomic E-state index is -0.341. The Hall–Kier alpha value is -1.14. The standard InChI is InChI=1S/C23H40N2O4/c1-20(2)10-14(11-21(3,4)24-20)28-18(26)16-9-17(16)19(27)29-15-12-22(5,6)25-23(7,8)13-15/h14-17,24-25H,9-13H2,1-8H3/t16-,17?/m1/s1. The van der Waals surface area contributed by atoms with E-state index in [1.165, 1.54) is 0 Å². The number of hydrogen-bond acceptors (Lipinski definition) is 6. The lowest BCUT2D eigenvalue weighted by Gasteiger charge is -2.46. The van der Waals surface area contributed by atoms with E-state index in [9.17, 15) is 9.59 Å². The molecule has 1 saturated carbocycles. The van der Waals surface area contributed by atoms with Crippen LogP contribution < -0.4 is 10.6 Å². The van der Waals surface area contributed by atoms with Gasteiger partial charge in [0.15, 0.2) is 0 Å². The minimum Gasteiger partial charge on any atom is -0.462 e. The zero-order valence-corrected chi connectivity index (χ0v) is 19.5. The number of piperidine rings is 2. The van der Waals surface area contributed by atoms with Crippen molar-refractivity contribution < 1.29 is 19.1 Å². The molecule has 3 fully saturated rings. The molecule has 0 bridgehead atoms. The summed E-state index contributed by atoms with van der Waals surface area (Å²) >= 11 is 0. The summed E-state index contributed by atoms with van der Waals surface area (Å²) in [6.45, 7) is 17.1. The summed E-state index contributed by atoms with van der Waals surface area (Å²) in [4.78, 5) is 25.3. The predicted octanol–water partition coefficient (Wildman–Crippen LogP) is 3.33. The van der Waals surface area contributed by atoms with Gasteiger partial charge in [0, 0.05) is 47.8 Å². The predicted molar refractivity (Wildman–Crippen MR) is 112 cm³/mol. The van der Waals surface area contributed by atoms with Gasteiger partial charge in [0.1, 0.15) is 12.2 Å². The fourth-order valence-electron chi connectivity index (χ4n) is 5.84. The van der Waals surface area contributed by atoms with E-state index < -0.39 is 0 Å². The molecule has 2 heterocycles. The van der Waals surface area contributed by atoms with E-state index in [1.807, 2.05) is 0 Å². The first-order chi connectivity index (χ1) is 13.1. The van der Waals surface area contributed by atoms with Crippen molar-refractivity contribution in [2.24, 2.45) is 11.8 Å². The second-order valence-corrected chi connectivity index (χ2v) is 12.2. The van der Waals surface area contributed by atoms with Crippen molar-refractivity contribution in [3.63, 3.8) is 0 Å². The third-order valence-corrected chi connectivity index (χ3v) is 6.27. The van der Waals surface area contributed by atoms with Gasteiger partial charge in [-0.2, -0.15) is 0 Å². The SMILES string of the molecule is CC1(C)CC(OC(=O)C2C[C@H]2C(=O)OC2CC(C)(C)NC(C)(C)C2)CC(C)(C)N1. The Bertz CT molecular complexity index is 580. The van der Waals surface area contributed by atoms with E-state index in [-0.39, 0.29) is 58.1 Å². The van der Waals surface area contributed by atoms with E-state index >= 15 is 0 Å². The average Bonchev–Trinajstić information content (AvgIpc) is 3.19. The number of rotatable bonds is 4. The molecule has 0 amide bonds. The summed E-state index contributed by atoms with van der Waals surface area (Å²) in [5, 5.41) is 7.19. The zero-order valence-electron chi connectivity index (χ0n) is 19.5. The van der Waals surface area contributed by atoms with Crippen LogP contribution >= 0.6 is 0 Å². The molecule has 0 aromatic rings. The lowest BCUT2D eigenvalue weighted by atomic mass is 9.81. The Labute approximate surface area is 175 Å². The molecule has 3 aliphatic rings. The maximum atomic E-state index is 12.6. The van der Waals surface area contributed by atoms with E-state index in [4.69, 9.17) is 9.47 Å². The van der Waals surface area contributed by atoms with Crippen LogP contribution in [0.25, 0.3) is 0 Å². The molecule has 29 heavy (non-hydrogen) atoms. The van der Waals surface area contributed by atoms with Gasteiger partial charge < -0.3 is 20.1 Å². The Morgan fingerprint density at radius 1 is 0.621 bits per heavy atom. The number of ether oxygens (including phenoxy) is 2. The Kier molecular flexibility index (Phi) is 5.62. The van der Waals surface area contributed by atoms with Crippen molar-refractivity contribution in [1.82, 2.24) is 10.6 Å². The van der Waals surface area contributed by atoms with Crippen LogP contribution in [0.5, 0.6) is 0 Å². The first kappa shape index (κ1) is 22.5. The quantitative estimate of drug-likeness (QED) is 0.695. The van der Waals surface area contributed by atoms with Crippen LogP contribution in [0.15, 0.2) is 0 Å². The number of carbonyl (C=O) groups excluding carboxylic acids is 2. The van der Waals surface area contributed by atoms with Gasteiger partial charge in [-0.25, -0.2) is 0 Å². The van der Waals surface area contributed by atoms with E-state index in [0.29, 0.717) is 6.42 Å². The Morgan fingerprint density at radius 3 is 1.17 bits per heavy atom. The molecule has 2 aliphatic heterocycles. The molecule has 0 aromatic heterocycles. The highest BCUT2D eigenvalue weighted by Crippen LogP contribution is 2.43. The summed E-state index contributed by atoms with van der Waals surface area (Å²) < 4.78 is 11.7. The van der Waals surface area contributed by atoms with Crippen LogP contribution in [-0.4, -0.2) is 46.3 Å². The monoisotopic (exact) mass is 408 g/mol. The normalized spacial score (nSPS) is 33.0. The molecular formula is C23H40N2O4. The molecule has 166 valence electrons. The highest BCUT2D eigenvalue weighted by atomic mass is 16.6. The fourth-order valence-corrected chi connectivity index (χ4v) is 5.84. The smallest absolute Gasteiger partial charge is 0.310 e. The molecule has 2 saturated heterocycles. The number of esters is 2. The molecule has 0 radical (unpaired) electrons. The van der Waals surface area contributed by atoms with E-state index in [2.05, 4.69) is 66.0 Å². The van der Waals surface area contributed by atoms with Crippen molar-refractivity contribution in [3.05, 3.63) is 0 Å². The van der Waals surface area contributed by atoms with Crippen LogP contribution in [-0.2, 0) is 19.1 Å². The van der Waals surface area contributed by atoms with Gasteiger partial charge in [-0.15, -0.1) is 0 Å². The second-order valence-electron chi connectivity index (χ2n) is 12.2. The average molecular weight is 409 g/mol. The van der Waals surface area contributed by atoms with Crippen molar-refractivity contribution >= 4 is 11.9 Å². The molecule has 1 aliphatic carbocycles. The fraction of sp³-hybridized carbons (Fsp3) is 0.913. The van der Waals surface area contributed by atoms with E-state index in [1.54, 1.807) is 0 Å². The maximum absolute atomic E-state index is 12.6. The van der Waals surface area contributed by atoms with Crippen LogP contribution in [0.2, 0.25) is 0 Å². The van der Waals surface area contributed by atoms with Crippen molar-refractivity contribution in [1.29, 1.82) is 0 Å². The van der Waals surface area contributed by atoms with Gasteiger partial charge in [0.25, 0.3) is 0 Å². The molecule has 1 unspecified atom stereocenters. The van der Waals surface area contributed by atoms with Crippen LogP contribution in [0.4, 0.5) is 0 Å². The highest BCUT2D eigenvalue weighted by Gasteiger charge is 2.52. The molecule has 2 atom stereocenters. The van der Waals surface area contributed by atoms with Crippen molar-refractivity contribution in [2.45, 2.75) is 122 Å². The molecular weight excluding hydrogens is 368 g/mol. The van der Waals surface area contributed by atoms with Crippen LogP contribution in [0, 0.1) is 11.8 Å². The van der Waals surface area contributed by atoms with Crippen LogP contribution in [0.3, 0.4) is 0 Å². The van der Waals surface area contributed by atoms with Gasteiger partial charge in [0.05, 0.1) is 11.8 Å². The number of hydrogen-bond donors (Lipinski definition) is 2. The second kappa shape index (κ2) is 7.23. The topological polar surface area (TPSA) is 76.7 Å². The van der Waals surface area contributed by atoms with Gasteiger partial charge >= 0.3 is 11.9 Å². The molecule has 3 rings (SSSR count). The summed E-state index contributed by atoms with van der Waals surface area (Å²) in [6, 6.07) is 0. The molecule has 6 heteroatoms. The van der Waals surface area contributed by atoms with E-state index in [0.717, 1.165) is 25.7 Å². The molecule has 6 nitrogen and oxygen atoms in total. The summed E-state index contributed by atoms with van der Waals surface area (Å²) in [5.41, 5.74) is -0.321. The van der Waals surface area contributed by atoms with Crippen LogP contribution in [0.1, 0.15) is 87.5 Å². The maximum Gasteiger partial charge on any atom is 0.310 e. The summed E-state index contributed by atoms with van der Waals surface area (Å²) in [6.07, 6.45) is 3.45. The Morgan fingerprint density at radius 2 is 0.897 bits per heavy atom. The largest absolute Gasteiger partial charge is 0.462 e. The summed E-state index contributed by atoms with van der Waals surface area (Å²) in [7, 11) is 0. The first-order valence-corrected chi connectivity index (χ1v) is 11.1. The molecule has 0 spiro atoms. The Balaban J connectivity index is 1.51. The first-order valence-electron chi connectivity index (χ1n) is 11.1.